The van der Waals surface area contributed by atoms with Crippen LogP contribution in [0.2, 0.25) is 0 Å². The summed E-state index contributed by atoms with van der Waals surface area (Å²) in [5, 5.41) is 4.05. The van der Waals surface area contributed by atoms with Gasteiger partial charge in [-0.15, -0.1) is 0 Å². The zero-order valence-electron chi connectivity index (χ0n) is 11.4. The lowest BCUT2D eigenvalue weighted by Gasteiger charge is -2.15. The van der Waals surface area contributed by atoms with Gasteiger partial charge < -0.3 is 5.73 Å². The van der Waals surface area contributed by atoms with E-state index in [1.165, 1.54) is 6.07 Å². The van der Waals surface area contributed by atoms with Crippen LogP contribution in [0.25, 0.3) is 0 Å². The van der Waals surface area contributed by atoms with E-state index in [0.717, 1.165) is 0 Å². The SMILES string of the molecule is Cc1cc(N)ccc1S(=O)(=O)NC(C)Cn1cccn1. The molecule has 0 aliphatic carbocycles. The molecule has 1 atom stereocenters. The molecule has 0 spiro atoms. The minimum absolute atomic E-state index is 0.249. The van der Waals surface area contributed by atoms with Gasteiger partial charge in [0.1, 0.15) is 0 Å². The Labute approximate surface area is 118 Å². The number of nitrogens with one attached hydrogen (secondary N) is 1. The summed E-state index contributed by atoms with van der Waals surface area (Å²) in [7, 11) is -3.56. The molecule has 0 amide bonds. The first kappa shape index (κ1) is 14.5. The van der Waals surface area contributed by atoms with Gasteiger partial charge in [-0.25, -0.2) is 13.1 Å². The highest BCUT2D eigenvalue weighted by atomic mass is 32.2. The number of rotatable bonds is 5. The largest absolute Gasteiger partial charge is 0.399 e. The van der Waals surface area contributed by atoms with E-state index in [0.29, 0.717) is 17.8 Å². The first-order valence-corrected chi connectivity index (χ1v) is 7.73. The number of anilines is 1. The number of benzene rings is 1. The summed E-state index contributed by atoms with van der Waals surface area (Å²) in [4.78, 5) is 0.249. The third-order valence-corrected chi connectivity index (χ3v) is 4.61. The highest BCUT2D eigenvalue weighted by Crippen LogP contribution is 2.18. The van der Waals surface area contributed by atoms with E-state index in [4.69, 9.17) is 5.73 Å². The summed E-state index contributed by atoms with van der Waals surface area (Å²) in [5.41, 5.74) is 6.81. The van der Waals surface area contributed by atoms with Crippen LogP contribution in [0.5, 0.6) is 0 Å². The van der Waals surface area contributed by atoms with Gasteiger partial charge in [0.2, 0.25) is 10.0 Å². The molecule has 1 unspecified atom stereocenters. The second-order valence-electron chi connectivity index (χ2n) is 4.78. The van der Waals surface area contributed by atoms with Gasteiger partial charge in [0, 0.05) is 24.1 Å². The lowest BCUT2D eigenvalue weighted by atomic mass is 10.2. The van der Waals surface area contributed by atoms with Crippen molar-refractivity contribution in [3.8, 4) is 0 Å². The molecule has 0 saturated heterocycles. The summed E-state index contributed by atoms with van der Waals surface area (Å²) in [5.74, 6) is 0. The van der Waals surface area contributed by atoms with Crippen molar-refractivity contribution in [1.82, 2.24) is 14.5 Å². The topological polar surface area (TPSA) is 90.0 Å². The van der Waals surface area contributed by atoms with E-state index in [9.17, 15) is 8.42 Å². The van der Waals surface area contributed by atoms with Gasteiger partial charge in [-0.05, 0) is 43.7 Å². The Kier molecular flexibility index (Phi) is 4.10. The quantitative estimate of drug-likeness (QED) is 0.809. The molecule has 0 aliphatic rings. The average Bonchev–Trinajstić information content (AvgIpc) is 2.79. The second kappa shape index (κ2) is 5.64. The number of hydrogen-bond acceptors (Lipinski definition) is 4. The minimum atomic E-state index is -3.56. The summed E-state index contributed by atoms with van der Waals surface area (Å²) >= 11 is 0. The van der Waals surface area contributed by atoms with Crippen LogP contribution in [-0.4, -0.2) is 24.2 Å². The van der Waals surface area contributed by atoms with Crippen molar-refractivity contribution >= 4 is 15.7 Å². The molecule has 0 aliphatic heterocycles. The second-order valence-corrected chi connectivity index (χ2v) is 6.46. The Morgan fingerprint density at radius 3 is 2.80 bits per heavy atom. The van der Waals surface area contributed by atoms with Crippen LogP contribution in [0.4, 0.5) is 5.69 Å². The summed E-state index contributed by atoms with van der Waals surface area (Å²) in [6, 6.07) is 6.28. The predicted octanol–water partition coefficient (Wildman–Crippen LogP) is 1.14. The van der Waals surface area contributed by atoms with Gasteiger partial charge in [0.25, 0.3) is 0 Å². The van der Waals surface area contributed by atoms with Gasteiger partial charge in [-0.3, -0.25) is 4.68 Å². The first-order valence-electron chi connectivity index (χ1n) is 6.24. The molecule has 2 rings (SSSR count). The zero-order chi connectivity index (χ0) is 14.8. The number of hydrogen-bond donors (Lipinski definition) is 2. The molecule has 2 aromatic rings. The number of sulfonamides is 1. The van der Waals surface area contributed by atoms with Crippen LogP contribution in [-0.2, 0) is 16.6 Å². The molecule has 0 saturated carbocycles. The van der Waals surface area contributed by atoms with Crippen molar-refractivity contribution < 1.29 is 8.42 Å². The summed E-state index contributed by atoms with van der Waals surface area (Å²) in [6.45, 7) is 4.00. The summed E-state index contributed by atoms with van der Waals surface area (Å²) in [6.07, 6.45) is 3.45. The minimum Gasteiger partial charge on any atom is -0.399 e. The van der Waals surface area contributed by atoms with E-state index < -0.39 is 10.0 Å². The van der Waals surface area contributed by atoms with Crippen molar-refractivity contribution in [2.75, 3.05) is 5.73 Å². The molecule has 7 heteroatoms. The van der Waals surface area contributed by atoms with E-state index in [1.807, 2.05) is 0 Å². The van der Waals surface area contributed by atoms with E-state index in [-0.39, 0.29) is 10.9 Å². The van der Waals surface area contributed by atoms with Crippen LogP contribution in [0.15, 0.2) is 41.6 Å². The first-order chi connectivity index (χ1) is 9.38. The molecule has 1 aromatic heterocycles. The van der Waals surface area contributed by atoms with Gasteiger partial charge >= 0.3 is 0 Å². The third-order valence-electron chi connectivity index (χ3n) is 2.86. The van der Waals surface area contributed by atoms with Gasteiger partial charge in [0.15, 0.2) is 0 Å². The van der Waals surface area contributed by atoms with Crippen molar-refractivity contribution in [2.45, 2.75) is 31.3 Å². The molecule has 20 heavy (non-hydrogen) atoms. The van der Waals surface area contributed by atoms with Crippen LogP contribution in [0, 0.1) is 6.92 Å². The molecule has 0 fully saturated rings. The molecule has 108 valence electrons. The molecular formula is C13H18N4O2S. The Morgan fingerprint density at radius 2 is 2.20 bits per heavy atom. The maximum atomic E-state index is 12.3. The molecule has 6 nitrogen and oxygen atoms in total. The van der Waals surface area contributed by atoms with Crippen LogP contribution in [0.1, 0.15) is 12.5 Å². The Balaban J connectivity index is 2.14. The highest BCUT2D eigenvalue weighted by Gasteiger charge is 2.19. The highest BCUT2D eigenvalue weighted by molar-refractivity contribution is 7.89. The number of aromatic nitrogens is 2. The van der Waals surface area contributed by atoms with Crippen molar-refractivity contribution in [2.24, 2.45) is 0 Å². The van der Waals surface area contributed by atoms with Crippen molar-refractivity contribution in [3.63, 3.8) is 0 Å². The van der Waals surface area contributed by atoms with Crippen molar-refractivity contribution in [1.29, 1.82) is 0 Å². The maximum absolute atomic E-state index is 12.3. The van der Waals surface area contributed by atoms with Gasteiger partial charge in [0.05, 0.1) is 11.4 Å². The van der Waals surface area contributed by atoms with Crippen LogP contribution in [0.3, 0.4) is 0 Å². The Hall–Kier alpha value is -1.86. The third kappa shape index (κ3) is 3.37. The fourth-order valence-corrected chi connectivity index (χ4v) is 3.49. The fourth-order valence-electron chi connectivity index (χ4n) is 2.03. The standard InChI is InChI=1S/C13H18N4O2S/c1-10-8-12(14)4-5-13(10)20(18,19)16-11(2)9-17-7-3-6-15-17/h3-8,11,16H,9,14H2,1-2H3. The van der Waals surface area contributed by atoms with E-state index in [1.54, 1.807) is 49.1 Å². The fraction of sp³-hybridized carbons (Fsp3) is 0.308. The number of aryl methyl sites for hydroxylation is 1. The lowest BCUT2D eigenvalue weighted by Crippen LogP contribution is -2.36. The number of nitrogens with zero attached hydrogens (tertiary/aromatic N) is 2. The molecule has 0 radical (unpaired) electrons. The van der Waals surface area contributed by atoms with Gasteiger partial charge in [-0.1, -0.05) is 0 Å². The Bertz CT molecular complexity index is 680. The van der Waals surface area contributed by atoms with Gasteiger partial charge in [-0.2, -0.15) is 5.10 Å². The maximum Gasteiger partial charge on any atom is 0.241 e. The molecular weight excluding hydrogens is 276 g/mol. The normalized spacial score (nSPS) is 13.3. The lowest BCUT2D eigenvalue weighted by molar-refractivity contribution is 0.493. The molecule has 3 N–H and O–H groups in total. The Morgan fingerprint density at radius 1 is 1.45 bits per heavy atom. The van der Waals surface area contributed by atoms with E-state index >= 15 is 0 Å². The molecule has 1 aromatic carbocycles. The number of nitrogens with two attached hydrogens (primary N) is 1. The predicted molar refractivity (Wildman–Crippen MR) is 77.6 cm³/mol. The number of nitrogen functional groups attached to an aromatic ring is 1. The average molecular weight is 294 g/mol. The summed E-state index contributed by atoms with van der Waals surface area (Å²) < 4.78 is 29.0. The van der Waals surface area contributed by atoms with Crippen LogP contribution >= 0.6 is 0 Å². The van der Waals surface area contributed by atoms with Crippen LogP contribution < -0.4 is 10.5 Å². The smallest absolute Gasteiger partial charge is 0.241 e. The molecule has 0 bridgehead atoms. The monoisotopic (exact) mass is 294 g/mol. The van der Waals surface area contributed by atoms with E-state index in [2.05, 4.69) is 9.82 Å². The molecule has 1 heterocycles. The zero-order valence-corrected chi connectivity index (χ0v) is 12.3. The van der Waals surface area contributed by atoms with Crippen molar-refractivity contribution in [3.05, 3.63) is 42.2 Å².